The van der Waals surface area contributed by atoms with Crippen LogP contribution >= 0.6 is 0 Å². The highest BCUT2D eigenvalue weighted by Gasteiger charge is 2.30. The summed E-state index contributed by atoms with van der Waals surface area (Å²) in [6.45, 7) is 5.16. The number of Topliss-reactive ketones (excluding diaryl/α,β-unsaturated/α-hetero) is 1. The lowest BCUT2D eigenvalue weighted by Gasteiger charge is -2.24. The Hall–Kier alpha value is -3.81. The molecule has 0 aliphatic heterocycles. The summed E-state index contributed by atoms with van der Waals surface area (Å²) in [4.78, 5) is 37.8. The fourth-order valence-electron chi connectivity index (χ4n) is 3.36. The van der Waals surface area contributed by atoms with Gasteiger partial charge in [0.15, 0.2) is 0 Å². The van der Waals surface area contributed by atoms with Crippen LogP contribution in [0.3, 0.4) is 0 Å². The van der Waals surface area contributed by atoms with Gasteiger partial charge in [0.05, 0.1) is 33.6 Å². The molecule has 0 saturated heterocycles. The molecule has 0 radical (unpaired) electrons. The van der Waals surface area contributed by atoms with Crippen LogP contribution in [0.5, 0.6) is 0 Å². The fraction of sp³-hybridized carbons (Fsp3) is 0.227. The average Bonchev–Trinajstić information content (AvgIpc) is 3.06. The quantitative estimate of drug-likeness (QED) is 0.268. The van der Waals surface area contributed by atoms with E-state index in [1.54, 1.807) is 37.6 Å². The molecule has 0 spiro atoms. The van der Waals surface area contributed by atoms with Crippen LogP contribution in [0, 0.1) is 24.0 Å². The molecule has 2 aromatic carbocycles. The second-order valence-electron chi connectivity index (χ2n) is 7.07. The van der Waals surface area contributed by atoms with Gasteiger partial charge < -0.3 is 4.90 Å². The average molecular weight is 406 g/mol. The summed E-state index contributed by atoms with van der Waals surface area (Å²) in [5.41, 5.74) is 2.60. The molecule has 0 N–H and O–H groups in total. The van der Waals surface area contributed by atoms with Crippen LogP contribution in [0.4, 0.5) is 5.69 Å². The third kappa shape index (κ3) is 3.84. The minimum absolute atomic E-state index is 0.0673. The predicted molar refractivity (Wildman–Crippen MR) is 112 cm³/mol. The Kier molecular flexibility index (Phi) is 5.77. The van der Waals surface area contributed by atoms with E-state index >= 15 is 0 Å². The standard InChI is InChI=1S/C22H22N4O4/c1-14-20(16(3)25(23-14)18-10-6-5-7-11-18)21(27)22(28)24(4)15(2)17-9-8-12-19(13-17)26(29)30/h5-13,15H,1-4H3. The third-order valence-corrected chi connectivity index (χ3v) is 5.18. The number of para-hydroxylation sites is 1. The van der Waals surface area contributed by atoms with E-state index in [4.69, 9.17) is 0 Å². The Bertz CT molecular complexity index is 1120. The summed E-state index contributed by atoms with van der Waals surface area (Å²) in [5, 5.41) is 15.5. The number of amides is 1. The van der Waals surface area contributed by atoms with Gasteiger partial charge in [0.2, 0.25) is 0 Å². The van der Waals surface area contributed by atoms with Crippen molar-refractivity contribution in [3.63, 3.8) is 0 Å². The van der Waals surface area contributed by atoms with Crippen LogP contribution in [0.2, 0.25) is 0 Å². The van der Waals surface area contributed by atoms with Crippen LogP contribution in [0.15, 0.2) is 54.6 Å². The second-order valence-corrected chi connectivity index (χ2v) is 7.07. The number of hydrogen-bond acceptors (Lipinski definition) is 5. The number of nitro benzene ring substituents is 1. The zero-order valence-electron chi connectivity index (χ0n) is 17.2. The van der Waals surface area contributed by atoms with Gasteiger partial charge in [-0.05, 0) is 38.5 Å². The maximum atomic E-state index is 13.0. The third-order valence-electron chi connectivity index (χ3n) is 5.18. The first kappa shape index (κ1) is 20.9. The van der Waals surface area contributed by atoms with E-state index in [9.17, 15) is 19.7 Å². The lowest BCUT2D eigenvalue weighted by Crippen LogP contribution is -2.35. The van der Waals surface area contributed by atoms with Gasteiger partial charge in [-0.15, -0.1) is 0 Å². The smallest absolute Gasteiger partial charge is 0.295 e. The maximum absolute atomic E-state index is 13.0. The van der Waals surface area contributed by atoms with Crippen molar-refractivity contribution in [2.45, 2.75) is 26.8 Å². The van der Waals surface area contributed by atoms with Gasteiger partial charge in [0.1, 0.15) is 0 Å². The zero-order valence-corrected chi connectivity index (χ0v) is 17.2. The second kappa shape index (κ2) is 8.28. The summed E-state index contributed by atoms with van der Waals surface area (Å²) in [6.07, 6.45) is 0. The van der Waals surface area contributed by atoms with Crippen LogP contribution in [0.1, 0.15) is 40.3 Å². The van der Waals surface area contributed by atoms with Crippen molar-refractivity contribution in [3.05, 3.63) is 87.2 Å². The summed E-state index contributed by atoms with van der Waals surface area (Å²) >= 11 is 0. The number of ketones is 1. The number of carbonyl (C=O) groups is 2. The largest absolute Gasteiger partial charge is 0.332 e. The molecule has 0 fully saturated rings. The van der Waals surface area contributed by atoms with Gasteiger partial charge in [0.25, 0.3) is 17.4 Å². The first-order valence-electron chi connectivity index (χ1n) is 9.39. The van der Waals surface area contributed by atoms with Crippen LogP contribution < -0.4 is 0 Å². The number of benzene rings is 2. The number of non-ortho nitro benzene ring substituents is 1. The van der Waals surface area contributed by atoms with E-state index in [1.807, 2.05) is 30.3 Å². The molecule has 30 heavy (non-hydrogen) atoms. The van der Waals surface area contributed by atoms with Gasteiger partial charge in [-0.3, -0.25) is 19.7 Å². The minimum Gasteiger partial charge on any atom is -0.332 e. The van der Waals surface area contributed by atoms with E-state index in [0.717, 1.165) is 5.69 Å². The lowest BCUT2D eigenvalue weighted by molar-refractivity contribution is -0.384. The van der Waals surface area contributed by atoms with E-state index in [0.29, 0.717) is 17.0 Å². The predicted octanol–water partition coefficient (Wildman–Crippen LogP) is 3.80. The number of nitro groups is 1. The van der Waals surface area contributed by atoms with Crippen LogP contribution in [0.25, 0.3) is 5.69 Å². The molecule has 3 aromatic rings. The highest BCUT2D eigenvalue weighted by molar-refractivity contribution is 6.43. The number of nitrogens with zero attached hydrogens (tertiary/aromatic N) is 4. The Balaban J connectivity index is 1.89. The first-order valence-corrected chi connectivity index (χ1v) is 9.39. The molecule has 8 heteroatoms. The topological polar surface area (TPSA) is 98.3 Å². The molecular formula is C22H22N4O4. The fourth-order valence-corrected chi connectivity index (χ4v) is 3.36. The van der Waals surface area contributed by atoms with E-state index in [2.05, 4.69) is 5.10 Å². The van der Waals surface area contributed by atoms with Crippen molar-refractivity contribution in [2.24, 2.45) is 0 Å². The van der Waals surface area contributed by atoms with E-state index in [1.165, 1.54) is 24.1 Å². The molecule has 1 unspecified atom stereocenters. The molecule has 1 amide bonds. The molecule has 8 nitrogen and oxygen atoms in total. The Morgan fingerprint density at radius 1 is 1.10 bits per heavy atom. The summed E-state index contributed by atoms with van der Waals surface area (Å²) in [5.74, 6) is -1.36. The van der Waals surface area contributed by atoms with Gasteiger partial charge in [-0.2, -0.15) is 5.10 Å². The zero-order chi connectivity index (χ0) is 22.0. The lowest BCUT2D eigenvalue weighted by atomic mass is 10.0. The molecule has 0 aliphatic rings. The number of aryl methyl sites for hydroxylation is 1. The van der Waals surface area contributed by atoms with E-state index < -0.39 is 22.7 Å². The Morgan fingerprint density at radius 3 is 2.40 bits per heavy atom. The van der Waals surface area contributed by atoms with Gasteiger partial charge in [0, 0.05) is 19.2 Å². The molecular weight excluding hydrogens is 384 g/mol. The molecule has 3 rings (SSSR count). The number of aromatic nitrogens is 2. The van der Waals surface area contributed by atoms with Crippen molar-refractivity contribution in [1.29, 1.82) is 0 Å². The van der Waals surface area contributed by atoms with Crippen molar-refractivity contribution >= 4 is 17.4 Å². The van der Waals surface area contributed by atoms with Crippen molar-refractivity contribution in [1.82, 2.24) is 14.7 Å². The molecule has 0 bridgehead atoms. The van der Waals surface area contributed by atoms with Crippen LogP contribution in [-0.2, 0) is 4.79 Å². The van der Waals surface area contributed by atoms with Crippen molar-refractivity contribution in [2.75, 3.05) is 7.05 Å². The number of carbonyl (C=O) groups excluding carboxylic acids is 2. The first-order chi connectivity index (χ1) is 14.2. The maximum Gasteiger partial charge on any atom is 0.295 e. The highest BCUT2D eigenvalue weighted by atomic mass is 16.6. The van der Waals surface area contributed by atoms with Gasteiger partial charge >= 0.3 is 0 Å². The Labute approximate surface area is 173 Å². The van der Waals surface area contributed by atoms with E-state index in [-0.39, 0.29) is 11.3 Å². The highest BCUT2D eigenvalue weighted by Crippen LogP contribution is 2.25. The van der Waals surface area contributed by atoms with Gasteiger partial charge in [-0.1, -0.05) is 30.3 Å². The summed E-state index contributed by atoms with van der Waals surface area (Å²) < 4.78 is 1.64. The molecule has 1 atom stereocenters. The Morgan fingerprint density at radius 2 is 1.77 bits per heavy atom. The normalized spacial score (nSPS) is 11.7. The van der Waals surface area contributed by atoms with Gasteiger partial charge in [-0.25, -0.2) is 4.68 Å². The molecule has 1 heterocycles. The molecule has 0 aliphatic carbocycles. The van der Waals surface area contributed by atoms with Crippen LogP contribution in [-0.4, -0.2) is 38.3 Å². The van der Waals surface area contributed by atoms with Crippen molar-refractivity contribution in [3.8, 4) is 5.69 Å². The molecule has 1 aromatic heterocycles. The minimum atomic E-state index is -0.701. The SMILES string of the molecule is Cc1nn(-c2ccccc2)c(C)c1C(=O)C(=O)N(C)C(C)c1cccc([N+](=O)[O-])c1. The number of hydrogen-bond donors (Lipinski definition) is 0. The monoisotopic (exact) mass is 406 g/mol. The molecule has 0 saturated carbocycles. The number of rotatable bonds is 6. The van der Waals surface area contributed by atoms with Crippen molar-refractivity contribution < 1.29 is 14.5 Å². The summed E-state index contributed by atoms with van der Waals surface area (Å²) in [6, 6.07) is 14.9. The molecule has 154 valence electrons. The summed E-state index contributed by atoms with van der Waals surface area (Å²) in [7, 11) is 1.51. The number of likely N-dealkylation sites (N-methyl/N-ethyl adjacent to an activating group) is 1.